The second-order valence-corrected chi connectivity index (χ2v) is 11.4. The van der Waals surface area contributed by atoms with E-state index >= 15 is 0 Å². The second kappa shape index (κ2) is 12.7. The number of carbonyl (C=O) groups is 1. The third-order valence-electron chi connectivity index (χ3n) is 5.90. The summed E-state index contributed by atoms with van der Waals surface area (Å²) in [6.07, 6.45) is 3.48. The first-order valence-electron chi connectivity index (χ1n) is 11.9. The van der Waals surface area contributed by atoms with Crippen LogP contribution in [0.15, 0.2) is 18.2 Å². The molecule has 4 atom stereocenters. The number of amides is 1. The van der Waals surface area contributed by atoms with E-state index in [-0.39, 0.29) is 41.9 Å². The average Bonchev–Trinajstić information content (AvgIpc) is 2.74. The molecule has 1 aromatic rings. The van der Waals surface area contributed by atoms with Gasteiger partial charge in [-0.3, -0.25) is 9.52 Å². The van der Waals surface area contributed by atoms with Crippen LogP contribution >= 0.6 is 0 Å². The van der Waals surface area contributed by atoms with E-state index in [1.54, 1.807) is 24.0 Å². The summed E-state index contributed by atoms with van der Waals surface area (Å²) in [5, 5.41) is 9.91. The smallest absolute Gasteiger partial charge is 0.258 e. The molecule has 1 aromatic carbocycles. The number of aliphatic hydroxyl groups excluding tert-OH is 1. The van der Waals surface area contributed by atoms with Crippen LogP contribution in [-0.4, -0.2) is 94.1 Å². The number of hydrogen-bond acceptors (Lipinski definition) is 7. The van der Waals surface area contributed by atoms with Gasteiger partial charge in [0.1, 0.15) is 5.75 Å². The highest BCUT2D eigenvalue weighted by Crippen LogP contribution is 2.28. The molecule has 0 saturated heterocycles. The lowest BCUT2D eigenvalue weighted by Crippen LogP contribution is -2.47. The molecule has 34 heavy (non-hydrogen) atoms. The predicted octanol–water partition coefficient (Wildman–Crippen LogP) is 2.42. The van der Waals surface area contributed by atoms with Crippen LogP contribution in [0.3, 0.4) is 0 Å². The molecule has 2 N–H and O–H groups in total. The molecular weight excluding hydrogens is 458 g/mol. The van der Waals surface area contributed by atoms with Gasteiger partial charge in [0.2, 0.25) is 10.0 Å². The Kier molecular flexibility index (Phi) is 10.6. The lowest BCUT2D eigenvalue weighted by Gasteiger charge is -2.35. The normalized spacial score (nSPS) is 24.2. The minimum Gasteiger partial charge on any atom is -0.490 e. The molecule has 0 radical (unpaired) electrons. The molecule has 1 aliphatic rings. The number of carbonyl (C=O) groups excluding carboxylic acids is 1. The number of aliphatic hydroxyl groups is 1. The Bertz CT molecular complexity index is 908. The van der Waals surface area contributed by atoms with Crippen molar-refractivity contribution in [1.29, 1.82) is 0 Å². The lowest BCUT2D eigenvalue weighted by atomic mass is 10.0. The van der Waals surface area contributed by atoms with E-state index in [1.807, 2.05) is 27.9 Å². The van der Waals surface area contributed by atoms with E-state index in [0.717, 1.165) is 32.1 Å². The third kappa shape index (κ3) is 8.72. The number of rotatable bonds is 6. The number of fused-ring (bicyclic) bond motifs is 1. The molecule has 0 spiro atoms. The topological polar surface area (TPSA) is 108 Å². The van der Waals surface area contributed by atoms with Crippen LogP contribution < -0.4 is 9.46 Å². The molecule has 1 aliphatic heterocycles. The van der Waals surface area contributed by atoms with E-state index in [1.165, 1.54) is 6.07 Å². The summed E-state index contributed by atoms with van der Waals surface area (Å²) in [5.74, 6) is 0.0785. The van der Waals surface area contributed by atoms with E-state index in [4.69, 9.17) is 9.47 Å². The van der Waals surface area contributed by atoms with Crippen LogP contribution in [0.25, 0.3) is 0 Å². The number of likely N-dealkylation sites (N-methyl/N-ethyl adjacent to an activating group) is 1. The number of nitrogens with one attached hydrogen (secondary N) is 1. The van der Waals surface area contributed by atoms with Crippen LogP contribution in [0.5, 0.6) is 5.75 Å². The molecule has 2 rings (SSSR count). The number of nitrogens with zero attached hydrogens (tertiary/aromatic N) is 2. The molecule has 1 amide bonds. The zero-order chi connectivity index (χ0) is 25.5. The molecule has 9 nitrogen and oxygen atoms in total. The SMILES string of the molecule is C[C@@H]1CCCCO[C@H](CN(C)C)[C@H](C)CN([C@@H](C)CO)C(=O)c2cc(NS(C)(=O)=O)ccc2O1. The predicted molar refractivity (Wildman–Crippen MR) is 134 cm³/mol. The van der Waals surface area contributed by atoms with Gasteiger partial charge in [-0.25, -0.2) is 8.42 Å². The zero-order valence-electron chi connectivity index (χ0n) is 21.3. The van der Waals surface area contributed by atoms with Gasteiger partial charge in [0.15, 0.2) is 0 Å². The van der Waals surface area contributed by atoms with Gasteiger partial charge >= 0.3 is 0 Å². The highest BCUT2D eigenvalue weighted by molar-refractivity contribution is 7.92. The number of benzene rings is 1. The first kappa shape index (κ1) is 28.4. The summed E-state index contributed by atoms with van der Waals surface area (Å²) in [7, 11) is 0.465. The van der Waals surface area contributed by atoms with Crippen LogP contribution in [0.1, 0.15) is 50.4 Å². The quantitative estimate of drug-likeness (QED) is 0.619. The molecule has 1 heterocycles. The van der Waals surface area contributed by atoms with Crippen molar-refractivity contribution < 1.29 is 27.8 Å². The van der Waals surface area contributed by atoms with Gasteiger partial charge in [-0.2, -0.15) is 0 Å². The van der Waals surface area contributed by atoms with Crippen LogP contribution in [-0.2, 0) is 14.8 Å². The maximum Gasteiger partial charge on any atom is 0.258 e. The summed E-state index contributed by atoms with van der Waals surface area (Å²) in [4.78, 5) is 17.5. The Morgan fingerprint density at radius 2 is 1.97 bits per heavy atom. The van der Waals surface area contributed by atoms with E-state index in [0.29, 0.717) is 18.9 Å². The van der Waals surface area contributed by atoms with Crippen LogP contribution in [0.2, 0.25) is 0 Å². The third-order valence-corrected chi connectivity index (χ3v) is 6.51. The van der Waals surface area contributed by atoms with Gasteiger partial charge in [0.25, 0.3) is 5.91 Å². The molecular formula is C24H41N3O6S. The van der Waals surface area contributed by atoms with Crippen molar-refractivity contribution in [3.05, 3.63) is 23.8 Å². The van der Waals surface area contributed by atoms with Crippen molar-refractivity contribution in [2.24, 2.45) is 5.92 Å². The molecule has 0 unspecified atom stereocenters. The summed E-state index contributed by atoms with van der Waals surface area (Å²) < 4.78 is 38.3. The lowest BCUT2D eigenvalue weighted by molar-refractivity contribution is -0.0137. The second-order valence-electron chi connectivity index (χ2n) is 9.65. The number of hydrogen-bond donors (Lipinski definition) is 2. The average molecular weight is 500 g/mol. The molecule has 10 heteroatoms. The van der Waals surface area contributed by atoms with Crippen LogP contribution in [0, 0.1) is 5.92 Å². The molecule has 0 saturated carbocycles. The van der Waals surface area contributed by atoms with E-state index < -0.39 is 16.1 Å². The summed E-state index contributed by atoms with van der Waals surface area (Å²) >= 11 is 0. The fourth-order valence-corrected chi connectivity index (χ4v) is 4.58. The Labute approximate surface area is 204 Å². The molecule has 0 fully saturated rings. The standard InChI is InChI=1S/C24H41N3O6S/c1-17-14-27(18(2)16-28)24(29)21-13-20(25-34(6,30)31)10-11-22(21)33-19(3)9-7-8-12-32-23(17)15-26(4)5/h10-11,13,17-19,23,25,28H,7-9,12,14-16H2,1-6H3/t17-,18+,19-,23-/m1/s1. The first-order valence-corrected chi connectivity index (χ1v) is 13.8. The highest BCUT2D eigenvalue weighted by Gasteiger charge is 2.30. The molecule has 194 valence electrons. The van der Waals surface area contributed by atoms with Crippen molar-refractivity contribution in [3.8, 4) is 5.75 Å². The van der Waals surface area contributed by atoms with Crippen molar-refractivity contribution in [3.63, 3.8) is 0 Å². The van der Waals surface area contributed by atoms with Gasteiger partial charge in [0, 0.05) is 31.3 Å². The van der Waals surface area contributed by atoms with Crippen molar-refractivity contribution in [2.45, 2.75) is 58.3 Å². The zero-order valence-corrected chi connectivity index (χ0v) is 22.1. The summed E-state index contributed by atoms with van der Waals surface area (Å²) in [5.41, 5.74) is 0.542. The van der Waals surface area contributed by atoms with Gasteiger partial charge in [-0.15, -0.1) is 0 Å². The molecule has 0 aromatic heterocycles. The largest absolute Gasteiger partial charge is 0.490 e. The van der Waals surface area contributed by atoms with Gasteiger partial charge in [0.05, 0.1) is 36.7 Å². The van der Waals surface area contributed by atoms with Crippen molar-refractivity contribution in [1.82, 2.24) is 9.80 Å². The fourth-order valence-electron chi connectivity index (χ4n) is 4.02. The van der Waals surface area contributed by atoms with Gasteiger partial charge in [-0.1, -0.05) is 6.92 Å². The minimum absolute atomic E-state index is 0.00362. The van der Waals surface area contributed by atoms with Gasteiger partial charge in [-0.05, 0) is 65.4 Å². The van der Waals surface area contributed by atoms with E-state index in [2.05, 4.69) is 9.62 Å². The Balaban J connectivity index is 2.51. The number of sulfonamides is 1. The first-order chi connectivity index (χ1) is 15.9. The maximum absolute atomic E-state index is 13.8. The monoisotopic (exact) mass is 499 g/mol. The van der Waals surface area contributed by atoms with Crippen molar-refractivity contribution >= 4 is 21.6 Å². The fraction of sp³-hybridized carbons (Fsp3) is 0.708. The summed E-state index contributed by atoms with van der Waals surface area (Å²) in [6, 6.07) is 4.28. The van der Waals surface area contributed by atoms with Crippen molar-refractivity contribution in [2.75, 3.05) is 51.4 Å². The number of anilines is 1. The minimum atomic E-state index is -3.52. The summed E-state index contributed by atoms with van der Waals surface area (Å²) in [6.45, 7) is 7.31. The molecule has 0 bridgehead atoms. The van der Waals surface area contributed by atoms with Crippen LogP contribution in [0.4, 0.5) is 5.69 Å². The molecule has 0 aliphatic carbocycles. The highest BCUT2D eigenvalue weighted by atomic mass is 32.2. The Morgan fingerprint density at radius 1 is 1.26 bits per heavy atom. The Hall–Kier alpha value is -1.88. The van der Waals surface area contributed by atoms with E-state index in [9.17, 15) is 18.3 Å². The maximum atomic E-state index is 13.8. The van der Waals surface area contributed by atoms with Gasteiger partial charge < -0.3 is 24.4 Å². The number of ether oxygens (including phenoxy) is 2. The Morgan fingerprint density at radius 3 is 2.59 bits per heavy atom.